The molecule has 0 aliphatic heterocycles. The first-order valence-corrected chi connectivity index (χ1v) is 9.39. The minimum Gasteiger partial charge on any atom is -0.309 e. The summed E-state index contributed by atoms with van der Waals surface area (Å²) < 4.78 is 3.50. The maximum absolute atomic E-state index is 13.0. The fraction of sp³-hybridized carbons (Fsp3) is 0.500. The van der Waals surface area contributed by atoms with Gasteiger partial charge in [0.1, 0.15) is 5.69 Å². The van der Waals surface area contributed by atoms with Crippen LogP contribution in [-0.2, 0) is 20.5 Å². The molecule has 6 nitrogen and oxygen atoms in total. The van der Waals surface area contributed by atoms with Crippen LogP contribution in [0.25, 0.3) is 22.2 Å². The molecule has 0 atom stereocenters. The molecule has 0 radical (unpaired) electrons. The first-order chi connectivity index (χ1) is 12.5. The Morgan fingerprint density at radius 1 is 1.19 bits per heavy atom. The molecule has 0 spiro atoms. The molecule has 3 heterocycles. The Hall–Kier alpha value is -2.50. The quantitative estimate of drug-likeness (QED) is 0.727. The van der Waals surface area contributed by atoms with Crippen LogP contribution >= 0.6 is 0 Å². The largest absolute Gasteiger partial charge is 0.309 e. The van der Waals surface area contributed by atoms with Gasteiger partial charge in [0.2, 0.25) is 0 Å². The summed E-state index contributed by atoms with van der Waals surface area (Å²) in [5, 5.41) is 13.9. The smallest absolute Gasteiger partial charge is 0.254 e. The number of fused-ring (bicyclic) bond motifs is 1. The minimum atomic E-state index is 0.0823. The number of aryl methyl sites for hydroxylation is 3. The number of nitrogens with zero attached hydrogens (tertiary/aromatic N) is 5. The zero-order chi connectivity index (χ0) is 18.3. The number of aromatic nitrogens is 5. The van der Waals surface area contributed by atoms with E-state index >= 15 is 0 Å². The van der Waals surface area contributed by atoms with Gasteiger partial charge in [-0.3, -0.25) is 9.48 Å². The molecule has 0 amide bonds. The van der Waals surface area contributed by atoms with E-state index in [4.69, 9.17) is 0 Å². The normalized spacial score (nSPS) is 15.7. The van der Waals surface area contributed by atoms with Gasteiger partial charge in [-0.25, -0.2) is 0 Å². The maximum atomic E-state index is 13.0. The third kappa shape index (κ3) is 2.93. The average Bonchev–Trinajstić information content (AvgIpc) is 2.98. The van der Waals surface area contributed by atoms with E-state index in [-0.39, 0.29) is 5.56 Å². The molecule has 136 valence electrons. The number of rotatable bonds is 3. The second kappa shape index (κ2) is 6.67. The second-order valence-corrected chi connectivity index (χ2v) is 7.54. The van der Waals surface area contributed by atoms with E-state index in [0.29, 0.717) is 5.92 Å². The molecule has 0 unspecified atom stereocenters. The second-order valence-electron chi connectivity index (χ2n) is 7.54. The summed E-state index contributed by atoms with van der Waals surface area (Å²) in [6, 6.07) is 2.02. The fourth-order valence-corrected chi connectivity index (χ4v) is 4.28. The van der Waals surface area contributed by atoms with Crippen molar-refractivity contribution in [1.82, 2.24) is 24.5 Å². The Labute approximate surface area is 152 Å². The van der Waals surface area contributed by atoms with Crippen molar-refractivity contribution in [3.63, 3.8) is 0 Å². The molecule has 1 fully saturated rings. The first kappa shape index (κ1) is 16.9. The summed E-state index contributed by atoms with van der Waals surface area (Å²) in [4.78, 5) is 13.0. The number of hydrogen-bond acceptors (Lipinski definition) is 4. The van der Waals surface area contributed by atoms with Crippen molar-refractivity contribution in [3.05, 3.63) is 40.1 Å². The predicted molar refractivity (Wildman–Crippen MR) is 102 cm³/mol. The Bertz CT molecular complexity index is 1010. The number of hydrogen-bond donors (Lipinski definition) is 0. The highest BCUT2D eigenvalue weighted by Gasteiger charge is 2.19. The van der Waals surface area contributed by atoms with Gasteiger partial charge in [-0.05, 0) is 25.3 Å². The zero-order valence-corrected chi connectivity index (χ0v) is 15.7. The van der Waals surface area contributed by atoms with E-state index in [0.717, 1.165) is 39.8 Å². The molecule has 3 aromatic heterocycles. The van der Waals surface area contributed by atoms with E-state index in [1.54, 1.807) is 15.4 Å². The summed E-state index contributed by atoms with van der Waals surface area (Å²) in [6.45, 7) is 1.95. The minimum absolute atomic E-state index is 0.0823. The molecular weight excluding hydrogens is 326 g/mol. The van der Waals surface area contributed by atoms with Gasteiger partial charge in [0, 0.05) is 36.8 Å². The zero-order valence-electron chi connectivity index (χ0n) is 15.7. The van der Waals surface area contributed by atoms with E-state index in [1.807, 2.05) is 33.3 Å². The van der Waals surface area contributed by atoms with Gasteiger partial charge in [-0.1, -0.05) is 32.1 Å². The summed E-state index contributed by atoms with van der Waals surface area (Å²) in [6.07, 6.45) is 10.9. The van der Waals surface area contributed by atoms with Crippen LogP contribution in [0.15, 0.2) is 23.3 Å². The van der Waals surface area contributed by atoms with Gasteiger partial charge in [0.25, 0.3) is 5.56 Å². The van der Waals surface area contributed by atoms with Crippen LogP contribution in [-0.4, -0.2) is 24.5 Å². The molecule has 1 aliphatic carbocycles. The molecule has 4 rings (SSSR count). The van der Waals surface area contributed by atoms with Crippen molar-refractivity contribution < 1.29 is 0 Å². The fourth-order valence-electron chi connectivity index (χ4n) is 4.28. The van der Waals surface area contributed by atoms with Crippen LogP contribution in [0, 0.1) is 12.8 Å². The molecule has 1 aliphatic rings. The van der Waals surface area contributed by atoms with Crippen molar-refractivity contribution >= 4 is 10.9 Å². The van der Waals surface area contributed by atoms with Crippen LogP contribution in [0.1, 0.15) is 43.4 Å². The van der Waals surface area contributed by atoms with Crippen molar-refractivity contribution in [2.75, 3.05) is 0 Å². The lowest BCUT2D eigenvalue weighted by molar-refractivity contribution is 0.355. The highest BCUT2D eigenvalue weighted by atomic mass is 16.1. The van der Waals surface area contributed by atoms with E-state index in [2.05, 4.69) is 15.3 Å². The SMILES string of the molecule is Cc1nn(C)cc1-c1nncc2cc(CC3CCCCC3)c(=O)n(C)c12. The van der Waals surface area contributed by atoms with Crippen LogP contribution in [0.5, 0.6) is 0 Å². The molecule has 6 heteroatoms. The van der Waals surface area contributed by atoms with Crippen LogP contribution in [0.4, 0.5) is 0 Å². The van der Waals surface area contributed by atoms with E-state index in [9.17, 15) is 4.79 Å². The summed E-state index contributed by atoms with van der Waals surface area (Å²) >= 11 is 0. The maximum Gasteiger partial charge on any atom is 0.254 e. The third-order valence-electron chi connectivity index (χ3n) is 5.60. The molecule has 0 bridgehead atoms. The monoisotopic (exact) mass is 351 g/mol. The lowest BCUT2D eigenvalue weighted by atomic mass is 9.85. The van der Waals surface area contributed by atoms with Crippen LogP contribution < -0.4 is 5.56 Å². The third-order valence-corrected chi connectivity index (χ3v) is 5.60. The lowest BCUT2D eigenvalue weighted by Gasteiger charge is -2.21. The molecular formula is C20H25N5O. The summed E-state index contributed by atoms with van der Waals surface area (Å²) in [5.74, 6) is 0.628. The molecule has 3 aromatic rings. The van der Waals surface area contributed by atoms with E-state index < -0.39 is 0 Å². The molecule has 0 N–H and O–H groups in total. The topological polar surface area (TPSA) is 65.6 Å². The molecule has 0 aromatic carbocycles. The Morgan fingerprint density at radius 2 is 1.96 bits per heavy atom. The van der Waals surface area contributed by atoms with Gasteiger partial charge in [-0.2, -0.15) is 10.2 Å². The van der Waals surface area contributed by atoms with Crippen LogP contribution in [0.3, 0.4) is 0 Å². The van der Waals surface area contributed by atoms with Gasteiger partial charge in [0.15, 0.2) is 0 Å². The van der Waals surface area contributed by atoms with Gasteiger partial charge < -0.3 is 4.57 Å². The summed E-state index contributed by atoms with van der Waals surface area (Å²) in [7, 11) is 3.72. The van der Waals surface area contributed by atoms with E-state index in [1.165, 1.54) is 32.1 Å². The Balaban J connectivity index is 1.84. The predicted octanol–water partition coefficient (Wildman–Crippen LogP) is 3.16. The highest BCUT2D eigenvalue weighted by molar-refractivity contribution is 5.91. The molecule has 26 heavy (non-hydrogen) atoms. The van der Waals surface area contributed by atoms with Crippen LogP contribution in [0.2, 0.25) is 0 Å². The molecule has 1 saturated carbocycles. The van der Waals surface area contributed by atoms with Crippen molar-refractivity contribution in [3.8, 4) is 11.3 Å². The van der Waals surface area contributed by atoms with Gasteiger partial charge >= 0.3 is 0 Å². The Morgan fingerprint density at radius 3 is 2.65 bits per heavy atom. The standard InChI is InChI=1S/C20H25N5O/c1-13-17(12-24(2)23-13)18-19-16(11-21-22-18)10-15(20(26)25(19)3)9-14-7-5-4-6-8-14/h10-12,14H,4-9H2,1-3H3. The van der Waals surface area contributed by atoms with Crippen molar-refractivity contribution in [1.29, 1.82) is 0 Å². The highest BCUT2D eigenvalue weighted by Crippen LogP contribution is 2.29. The lowest BCUT2D eigenvalue weighted by Crippen LogP contribution is -2.24. The van der Waals surface area contributed by atoms with Gasteiger partial charge in [-0.15, -0.1) is 5.10 Å². The van der Waals surface area contributed by atoms with Crippen molar-refractivity contribution in [2.24, 2.45) is 20.0 Å². The Kier molecular flexibility index (Phi) is 4.34. The summed E-state index contributed by atoms with van der Waals surface area (Å²) in [5.41, 5.74) is 4.33. The average molecular weight is 351 g/mol. The molecule has 0 saturated heterocycles. The van der Waals surface area contributed by atoms with Gasteiger partial charge in [0.05, 0.1) is 17.4 Å². The number of pyridine rings is 1. The first-order valence-electron chi connectivity index (χ1n) is 9.39. The van der Waals surface area contributed by atoms with Crippen molar-refractivity contribution in [2.45, 2.75) is 45.4 Å².